The Morgan fingerprint density at radius 2 is 1.84 bits per heavy atom. The third kappa shape index (κ3) is 3.54. The fourth-order valence-electron chi connectivity index (χ4n) is 3.20. The summed E-state index contributed by atoms with van der Waals surface area (Å²) < 4.78 is 16.1. The van der Waals surface area contributed by atoms with Crippen molar-refractivity contribution in [3.63, 3.8) is 0 Å². The van der Waals surface area contributed by atoms with Crippen LogP contribution in [0.15, 0.2) is 36.4 Å². The first-order valence-electron chi connectivity index (χ1n) is 8.14. The Morgan fingerprint density at radius 3 is 2.48 bits per heavy atom. The summed E-state index contributed by atoms with van der Waals surface area (Å²) in [6, 6.07) is 11.3. The molecule has 130 valence electrons. The number of aryl methyl sites for hydroxylation is 3. The molecular formula is C20H19ClFNO2. The summed E-state index contributed by atoms with van der Waals surface area (Å²) >= 11 is 6.11. The predicted molar refractivity (Wildman–Crippen MR) is 98.7 cm³/mol. The van der Waals surface area contributed by atoms with Gasteiger partial charge in [0.15, 0.2) is 0 Å². The average Bonchev–Trinajstić information content (AvgIpc) is 2.89. The molecule has 0 aliphatic carbocycles. The summed E-state index contributed by atoms with van der Waals surface area (Å²) in [5, 5.41) is 10.5. The van der Waals surface area contributed by atoms with E-state index in [1.165, 1.54) is 0 Å². The summed E-state index contributed by atoms with van der Waals surface area (Å²) in [6.45, 7) is 4.07. The number of benzene rings is 2. The summed E-state index contributed by atoms with van der Waals surface area (Å²) in [5.41, 5.74) is 4.03. The first-order valence-corrected chi connectivity index (χ1v) is 8.52. The zero-order valence-electron chi connectivity index (χ0n) is 14.1. The molecule has 0 fully saturated rings. The largest absolute Gasteiger partial charge is 0.481 e. The van der Waals surface area contributed by atoms with E-state index < -0.39 is 5.97 Å². The fraction of sp³-hybridized carbons (Fsp3) is 0.250. The van der Waals surface area contributed by atoms with Crippen LogP contribution in [0.2, 0.25) is 5.02 Å². The Labute approximate surface area is 150 Å². The van der Waals surface area contributed by atoms with Gasteiger partial charge >= 0.3 is 5.97 Å². The highest BCUT2D eigenvalue weighted by atomic mass is 35.5. The summed E-state index contributed by atoms with van der Waals surface area (Å²) in [4.78, 5) is 10.8. The van der Waals surface area contributed by atoms with Crippen LogP contribution < -0.4 is 0 Å². The number of rotatable bonds is 5. The molecule has 5 heteroatoms. The Kier molecular flexibility index (Phi) is 4.82. The van der Waals surface area contributed by atoms with Gasteiger partial charge in [-0.1, -0.05) is 11.6 Å². The molecule has 0 radical (unpaired) electrons. The van der Waals surface area contributed by atoms with Crippen molar-refractivity contribution in [2.45, 2.75) is 33.2 Å². The second-order valence-corrected chi connectivity index (χ2v) is 6.74. The second-order valence-electron chi connectivity index (χ2n) is 6.31. The van der Waals surface area contributed by atoms with Crippen molar-refractivity contribution in [2.24, 2.45) is 0 Å². The molecule has 3 nitrogen and oxygen atoms in total. The van der Waals surface area contributed by atoms with E-state index in [1.54, 1.807) is 13.8 Å². The Balaban J connectivity index is 2.14. The van der Waals surface area contributed by atoms with Gasteiger partial charge in [-0.05, 0) is 73.4 Å². The zero-order valence-corrected chi connectivity index (χ0v) is 14.9. The molecule has 1 aromatic heterocycles. The van der Waals surface area contributed by atoms with E-state index in [2.05, 4.69) is 4.57 Å². The number of carboxylic acids is 1. The number of nitrogens with zero attached hydrogens (tertiary/aromatic N) is 1. The van der Waals surface area contributed by atoms with Gasteiger partial charge in [0.05, 0.1) is 0 Å². The molecule has 0 bridgehead atoms. The van der Waals surface area contributed by atoms with Gasteiger partial charge in [0.25, 0.3) is 0 Å². The van der Waals surface area contributed by atoms with Crippen molar-refractivity contribution in [1.82, 2.24) is 4.57 Å². The van der Waals surface area contributed by atoms with Gasteiger partial charge in [-0.3, -0.25) is 4.79 Å². The van der Waals surface area contributed by atoms with Crippen LogP contribution in [0.4, 0.5) is 4.39 Å². The number of hydrogen-bond donors (Lipinski definition) is 1. The number of carbonyl (C=O) groups is 1. The Morgan fingerprint density at radius 1 is 1.16 bits per heavy atom. The number of aromatic nitrogens is 1. The standard InChI is InChI=1S/C20H19ClFNO2/c1-12-8-14(9-13(2)20(12)22)18-11-15-10-16(21)5-6-17(15)23(18)7-3-4-19(24)25/h5-6,8-11H,3-4,7H2,1-2H3,(H,24,25). The molecule has 0 atom stereocenters. The molecule has 25 heavy (non-hydrogen) atoms. The van der Waals surface area contributed by atoms with Crippen molar-refractivity contribution in [1.29, 1.82) is 0 Å². The van der Waals surface area contributed by atoms with Crippen molar-refractivity contribution in [3.05, 3.63) is 58.4 Å². The van der Waals surface area contributed by atoms with Crippen LogP contribution in [0.5, 0.6) is 0 Å². The van der Waals surface area contributed by atoms with Crippen LogP contribution in [0.1, 0.15) is 24.0 Å². The third-order valence-electron chi connectivity index (χ3n) is 4.37. The maximum atomic E-state index is 14.0. The van der Waals surface area contributed by atoms with Crippen LogP contribution in [-0.2, 0) is 11.3 Å². The molecule has 2 aromatic carbocycles. The van der Waals surface area contributed by atoms with Gasteiger partial charge in [-0.2, -0.15) is 0 Å². The number of carboxylic acid groups (broad SMARTS) is 1. The Hall–Kier alpha value is -2.33. The third-order valence-corrected chi connectivity index (χ3v) is 4.60. The van der Waals surface area contributed by atoms with E-state index in [0.29, 0.717) is 29.1 Å². The summed E-state index contributed by atoms with van der Waals surface area (Å²) in [5.74, 6) is -1.00. The van der Waals surface area contributed by atoms with Crippen molar-refractivity contribution in [2.75, 3.05) is 0 Å². The van der Waals surface area contributed by atoms with Gasteiger partial charge in [0.1, 0.15) is 5.82 Å². The molecule has 1 heterocycles. The lowest BCUT2D eigenvalue weighted by Crippen LogP contribution is -2.04. The number of aliphatic carboxylic acids is 1. The number of hydrogen-bond acceptors (Lipinski definition) is 1. The van der Waals surface area contributed by atoms with Gasteiger partial charge < -0.3 is 9.67 Å². The minimum Gasteiger partial charge on any atom is -0.481 e. The predicted octanol–water partition coefficient (Wildman–Crippen LogP) is 5.58. The average molecular weight is 360 g/mol. The van der Waals surface area contributed by atoms with Crippen LogP contribution >= 0.6 is 11.6 Å². The molecular weight excluding hydrogens is 341 g/mol. The molecule has 0 aliphatic heterocycles. The lowest BCUT2D eigenvalue weighted by atomic mass is 10.0. The summed E-state index contributed by atoms with van der Waals surface area (Å²) in [7, 11) is 0. The molecule has 1 N–H and O–H groups in total. The normalized spacial score (nSPS) is 11.2. The van der Waals surface area contributed by atoms with E-state index in [1.807, 2.05) is 36.4 Å². The highest BCUT2D eigenvalue weighted by Crippen LogP contribution is 2.32. The topological polar surface area (TPSA) is 42.2 Å². The highest BCUT2D eigenvalue weighted by Gasteiger charge is 2.14. The maximum Gasteiger partial charge on any atom is 0.303 e. The van der Waals surface area contributed by atoms with Crippen LogP contribution in [0, 0.1) is 19.7 Å². The first kappa shape index (κ1) is 17.5. The summed E-state index contributed by atoms with van der Waals surface area (Å²) in [6.07, 6.45) is 0.627. The second kappa shape index (κ2) is 6.89. The fourth-order valence-corrected chi connectivity index (χ4v) is 3.38. The quantitative estimate of drug-likeness (QED) is 0.645. The molecule has 0 aliphatic rings. The van der Waals surface area contributed by atoms with Gasteiger partial charge in [-0.15, -0.1) is 0 Å². The van der Waals surface area contributed by atoms with Crippen molar-refractivity contribution < 1.29 is 14.3 Å². The van der Waals surface area contributed by atoms with Crippen molar-refractivity contribution in [3.8, 4) is 11.3 Å². The monoisotopic (exact) mass is 359 g/mol. The minimum atomic E-state index is -0.811. The maximum absolute atomic E-state index is 14.0. The van der Waals surface area contributed by atoms with Crippen LogP contribution in [0.25, 0.3) is 22.2 Å². The number of halogens is 2. The van der Waals surface area contributed by atoms with E-state index in [0.717, 1.165) is 22.2 Å². The van der Waals surface area contributed by atoms with E-state index >= 15 is 0 Å². The van der Waals surface area contributed by atoms with Gasteiger partial charge in [0, 0.05) is 34.6 Å². The smallest absolute Gasteiger partial charge is 0.303 e. The molecule has 3 aromatic rings. The zero-order chi connectivity index (χ0) is 18.1. The minimum absolute atomic E-state index is 0.105. The van der Waals surface area contributed by atoms with E-state index in [-0.39, 0.29) is 12.2 Å². The highest BCUT2D eigenvalue weighted by molar-refractivity contribution is 6.31. The van der Waals surface area contributed by atoms with Gasteiger partial charge in [0.2, 0.25) is 0 Å². The van der Waals surface area contributed by atoms with Crippen molar-refractivity contribution >= 4 is 28.5 Å². The Bertz CT molecular complexity index is 939. The van der Waals surface area contributed by atoms with Crippen LogP contribution in [0.3, 0.4) is 0 Å². The lowest BCUT2D eigenvalue weighted by Gasteiger charge is -2.12. The SMILES string of the molecule is Cc1cc(-c2cc3cc(Cl)ccc3n2CCCC(=O)O)cc(C)c1F. The molecule has 3 rings (SSSR count). The van der Waals surface area contributed by atoms with Crippen LogP contribution in [-0.4, -0.2) is 15.6 Å². The van der Waals surface area contributed by atoms with E-state index in [9.17, 15) is 9.18 Å². The molecule has 0 unspecified atom stereocenters. The molecule has 0 amide bonds. The van der Waals surface area contributed by atoms with E-state index in [4.69, 9.17) is 16.7 Å². The number of fused-ring (bicyclic) bond motifs is 1. The lowest BCUT2D eigenvalue weighted by molar-refractivity contribution is -0.137. The molecule has 0 saturated carbocycles. The van der Waals surface area contributed by atoms with Gasteiger partial charge in [-0.25, -0.2) is 4.39 Å². The molecule has 0 spiro atoms. The first-order chi connectivity index (χ1) is 11.9. The molecule has 0 saturated heterocycles.